The Morgan fingerprint density at radius 3 is 2.52 bits per heavy atom. The zero-order valence-corrected chi connectivity index (χ0v) is 15.5. The number of aromatic nitrogens is 1. The molecule has 7 heteroatoms. The van der Waals surface area contributed by atoms with Gasteiger partial charge in [0, 0.05) is 10.0 Å². The van der Waals surface area contributed by atoms with Gasteiger partial charge in [0.1, 0.15) is 10.7 Å². The number of hydrogen-bond donors (Lipinski definition) is 1. The van der Waals surface area contributed by atoms with Crippen LogP contribution < -0.4 is 5.32 Å². The van der Waals surface area contributed by atoms with Crippen molar-refractivity contribution in [3.8, 4) is 11.1 Å². The van der Waals surface area contributed by atoms with Gasteiger partial charge in [0.2, 0.25) is 0 Å². The maximum atomic E-state index is 13.1. The van der Waals surface area contributed by atoms with Gasteiger partial charge < -0.3 is 5.32 Å². The first-order valence-electron chi connectivity index (χ1n) is 7.37. The zero-order chi connectivity index (χ0) is 18.0. The van der Waals surface area contributed by atoms with Crippen LogP contribution in [0.4, 0.5) is 13.8 Å². The van der Waals surface area contributed by atoms with Crippen LogP contribution in [-0.2, 0) is 0 Å². The maximum absolute atomic E-state index is 13.1. The average molecular weight is 423 g/mol. The van der Waals surface area contributed by atoms with E-state index in [4.69, 9.17) is 0 Å². The number of amides is 1. The number of aryl methyl sites for hydroxylation is 1. The monoisotopic (exact) mass is 422 g/mol. The number of benzene rings is 2. The van der Waals surface area contributed by atoms with Gasteiger partial charge in [0.15, 0.2) is 0 Å². The minimum Gasteiger partial charge on any atom is -0.312 e. The molecule has 0 saturated carbocycles. The largest absolute Gasteiger partial charge is 0.312 e. The van der Waals surface area contributed by atoms with E-state index < -0.39 is 18.0 Å². The number of carbonyl (C=O) groups excluding carboxylic acids is 1. The number of nitrogens with zero attached hydrogens (tertiary/aromatic N) is 1. The van der Waals surface area contributed by atoms with Gasteiger partial charge in [-0.1, -0.05) is 46.3 Å². The van der Waals surface area contributed by atoms with Gasteiger partial charge in [0.05, 0.1) is 5.01 Å². The molecule has 0 aliphatic carbocycles. The second kappa shape index (κ2) is 7.41. The maximum Gasteiger partial charge on any atom is 0.283 e. The highest BCUT2D eigenvalue weighted by atomic mass is 79.9. The predicted octanol–water partition coefficient (Wildman–Crippen LogP) is 6.07. The Hall–Kier alpha value is -2.12. The Balaban J connectivity index is 1.95. The van der Waals surface area contributed by atoms with E-state index in [1.165, 1.54) is 0 Å². The SMILES string of the molecule is Cc1nc(C(F)F)c(NC(=O)c2ccccc2-c2ccc(Br)cc2)s1. The van der Waals surface area contributed by atoms with Crippen molar-refractivity contribution >= 4 is 38.2 Å². The number of rotatable bonds is 4. The molecule has 0 saturated heterocycles. The van der Waals surface area contributed by atoms with Crippen molar-refractivity contribution in [3.05, 3.63) is 69.3 Å². The van der Waals surface area contributed by atoms with Crippen molar-refractivity contribution in [1.29, 1.82) is 0 Å². The number of alkyl halides is 2. The smallest absolute Gasteiger partial charge is 0.283 e. The summed E-state index contributed by atoms with van der Waals surface area (Å²) in [5, 5.41) is 3.14. The highest BCUT2D eigenvalue weighted by Crippen LogP contribution is 2.33. The van der Waals surface area contributed by atoms with Crippen LogP contribution in [0.15, 0.2) is 53.0 Å². The number of thiazole rings is 1. The summed E-state index contributed by atoms with van der Waals surface area (Å²) in [4.78, 5) is 16.5. The van der Waals surface area contributed by atoms with Gasteiger partial charge in [0.25, 0.3) is 12.3 Å². The van der Waals surface area contributed by atoms with E-state index in [1.54, 1.807) is 19.1 Å². The molecule has 1 N–H and O–H groups in total. The summed E-state index contributed by atoms with van der Waals surface area (Å²) in [6.45, 7) is 1.63. The summed E-state index contributed by atoms with van der Waals surface area (Å²) in [6, 6.07) is 14.6. The molecule has 3 nitrogen and oxygen atoms in total. The number of hydrogen-bond acceptors (Lipinski definition) is 3. The molecule has 0 aliphatic rings. The minimum absolute atomic E-state index is 0.0862. The van der Waals surface area contributed by atoms with Crippen LogP contribution in [0.1, 0.15) is 27.5 Å². The van der Waals surface area contributed by atoms with Gasteiger partial charge >= 0.3 is 0 Å². The van der Waals surface area contributed by atoms with Crippen LogP contribution in [0.3, 0.4) is 0 Å². The Morgan fingerprint density at radius 1 is 1.16 bits per heavy atom. The quantitative estimate of drug-likeness (QED) is 0.554. The van der Waals surface area contributed by atoms with Crippen molar-refractivity contribution in [2.45, 2.75) is 13.3 Å². The topological polar surface area (TPSA) is 42.0 Å². The molecule has 0 unspecified atom stereocenters. The van der Waals surface area contributed by atoms with E-state index in [-0.39, 0.29) is 5.00 Å². The van der Waals surface area contributed by atoms with Gasteiger partial charge in [-0.15, -0.1) is 11.3 Å². The van der Waals surface area contributed by atoms with Crippen LogP contribution >= 0.6 is 27.3 Å². The second-order valence-electron chi connectivity index (χ2n) is 5.25. The fourth-order valence-corrected chi connectivity index (χ4v) is 3.50. The molecule has 0 bridgehead atoms. The van der Waals surface area contributed by atoms with Crippen LogP contribution in [0.5, 0.6) is 0 Å². The first-order chi connectivity index (χ1) is 12.0. The van der Waals surface area contributed by atoms with Crippen LogP contribution in [0.2, 0.25) is 0 Å². The molecular formula is C18H13BrF2N2OS. The molecule has 3 aromatic rings. The first-order valence-corrected chi connectivity index (χ1v) is 8.98. The molecule has 25 heavy (non-hydrogen) atoms. The Morgan fingerprint density at radius 2 is 1.84 bits per heavy atom. The Bertz CT molecular complexity index is 910. The fraction of sp³-hybridized carbons (Fsp3) is 0.111. The third-order valence-electron chi connectivity index (χ3n) is 3.52. The van der Waals surface area contributed by atoms with E-state index in [1.807, 2.05) is 36.4 Å². The summed E-state index contributed by atoms with van der Waals surface area (Å²) >= 11 is 4.42. The van der Waals surface area contributed by atoms with Crippen molar-refractivity contribution in [1.82, 2.24) is 4.98 Å². The lowest BCUT2D eigenvalue weighted by Gasteiger charge is -2.10. The lowest BCUT2D eigenvalue weighted by atomic mass is 9.99. The molecule has 0 atom stereocenters. The molecule has 1 aromatic heterocycles. The van der Waals surface area contributed by atoms with E-state index in [0.29, 0.717) is 10.6 Å². The third-order valence-corrected chi connectivity index (χ3v) is 4.95. The van der Waals surface area contributed by atoms with E-state index in [0.717, 1.165) is 26.9 Å². The van der Waals surface area contributed by atoms with Crippen molar-refractivity contribution in [3.63, 3.8) is 0 Å². The third kappa shape index (κ3) is 3.93. The molecule has 1 amide bonds. The van der Waals surface area contributed by atoms with Crippen LogP contribution in [0.25, 0.3) is 11.1 Å². The molecule has 1 heterocycles. The lowest BCUT2D eigenvalue weighted by Crippen LogP contribution is -2.13. The normalized spacial score (nSPS) is 10.9. The molecular weight excluding hydrogens is 410 g/mol. The number of carbonyl (C=O) groups is 1. The predicted molar refractivity (Wildman–Crippen MR) is 99.3 cm³/mol. The first kappa shape index (κ1) is 17.7. The summed E-state index contributed by atoms with van der Waals surface area (Å²) in [5.41, 5.74) is 1.61. The molecule has 0 fully saturated rings. The van der Waals surface area contributed by atoms with Gasteiger partial charge in [-0.2, -0.15) is 0 Å². The summed E-state index contributed by atoms with van der Waals surface area (Å²) in [7, 11) is 0. The van der Waals surface area contributed by atoms with Crippen molar-refractivity contribution < 1.29 is 13.6 Å². The number of halogens is 3. The van der Waals surface area contributed by atoms with Crippen LogP contribution in [0, 0.1) is 6.92 Å². The van der Waals surface area contributed by atoms with Crippen molar-refractivity contribution in [2.75, 3.05) is 5.32 Å². The highest BCUT2D eigenvalue weighted by molar-refractivity contribution is 9.10. The average Bonchev–Trinajstić information content (AvgIpc) is 2.96. The second-order valence-corrected chi connectivity index (χ2v) is 7.37. The molecule has 128 valence electrons. The van der Waals surface area contributed by atoms with E-state index in [9.17, 15) is 13.6 Å². The van der Waals surface area contributed by atoms with Crippen molar-refractivity contribution in [2.24, 2.45) is 0 Å². The summed E-state index contributed by atoms with van der Waals surface area (Å²) in [6.07, 6.45) is -2.73. The van der Waals surface area contributed by atoms with Gasteiger partial charge in [-0.25, -0.2) is 13.8 Å². The van der Waals surface area contributed by atoms with Gasteiger partial charge in [-0.05, 0) is 36.2 Å². The molecule has 0 radical (unpaired) electrons. The van der Waals surface area contributed by atoms with Gasteiger partial charge in [-0.3, -0.25) is 4.79 Å². The lowest BCUT2D eigenvalue weighted by molar-refractivity contribution is 0.102. The standard InChI is InChI=1S/C18H13BrF2N2OS/c1-10-22-15(16(20)21)18(25-10)23-17(24)14-5-3-2-4-13(14)11-6-8-12(19)9-7-11/h2-9,16H,1H3,(H,23,24). The van der Waals surface area contributed by atoms with E-state index >= 15 is 0 Å². The molecule has 0 spiro atoms. The molecule has 0 aliphatic heterocycles. The highest BCUT2D eigenvalue weighted by Gasteiger charge is 2.21. The fourth-order valence-electron chi connectivity index (χ4n) is 2.41. The summed E-state index contributed by atoms with van der Waals surface area (Å²) < 4.78 is 27.1. The van der Waals surface area contributed by atoms with E-state index in [2.05, 4.69) is 26.2 Å². The summed E-state index contributed by atoms with van der Waals surface area (Å²) in [5.74, 6) is -0.441. The zero-order valence-electron chi connectivity index (χ0n) is 13.1. The number of anilines is 1. The Kier molecular flexibility index (Phi) is 5.24. The Labute approximate surface area is 155 Å². The van der Waals surface area contributed by atoms with Crippen LogP contribution in [-0.4, -0.2) is 10.9 Å². The molecule has 2 aromatic carbocycles. The minimum atomic E-state index is -2.73. The number of nitrogens with one attached hydrogen (secondary N) is 1. The molecule has 3 rings (SSSR count).